The number of aliphatic hydroxyl groups excluding tert-OH is 1. The lowest BCUT2D eigenvalue weighted by Gasteiger charge is -2.12. The molecule has 9 nitrogen and oxygen atoms in total. The summed E-state index contributed by atoms with van der Waals surface area (Å²) in [6, 6.07) is 24.8. The average Bonchev–Trinajstić information content (AvgIpc) is 3.46. The fourth-order valence-electron chi connectivity index (χ4n) is 4.27. The zero-order valence-electron chi connectivity index (χ0n) is 22.1. The van der Waals surface area contributed by atoms with Crippen molar-refractivity contribution in [3.8, 4) is 0 Å². The van der Waals surface area contributed by atoms with Crippen LogP contribution in [-0.2, 0) is 27.7 Å². The molecule has 2 atom stereocenters. The Morgan fingerprint density at radius 3 is 2.41 bits per heavy atom. The van der Waals surface area contributed by atoms with Gasteiger partial charge in [-0.3, -0.25) is 9.71 Å². The number of hydrogen-bond acceptors (Lipinski definition) is 8. The molecule has 1 aliphatic heterocycles. The van der Waals surface area contributed by atoms with E-state index in [2.05, 4.69) is 25.5 Å². The molecule has 2 heterocycles. The van der Waals surface area contributed by atoms with Gasteiger partial charge in [0.1, 0.15) is 0 Å². The summed E-state index contributed by atoms with van der Waals surface area (Å²) < 4.78 is 28.5. The number of hydroxylamine groups is 1. The molecular weight excluding hydrogens is 562 g/mol. The van der Waals surface area contributed by atoms with Gasteiger partial charge in [0.15, 0.2) is 12.1 Å². The summed E-state index contributed by atoms with van der Waals surface area (Å²) in [6.45, 7) is 1.09. The summed E-state index contributed by atoms with van der Waals surface area (Å²) in [4.78, 5) is 14.3. The van der Waals surface area contributed by atoms with Crippen molar-refractivity contribution < 1.29 is 18.4 Å². The van der Waals surface area contributed by atoms with E-state index >= 15 is 0 Å². The number of pyridine rings is 1. The summed E-state index contributed by atoms with van der Waals surface area (Å²) in [7, 11) is -3.78. The zero-order chi connectivity index (χ0) is 28.7. The summed E-state index contributed by atoms with van der Waals surface area (Å²) in [6.07, 6.45) is 3.61. The molecular formula is C30H30ClN5O4S. The highest BCUT2D eigenvalue weighted by atomic mass is 35.5. The van der Waals surface area contributed by atoms with Crippen molar-refractivity contribution in [3.05, 3.63) is 125 Å². The van der Waals surface area contributed by atoms with E-state index in [1.807, 2.05) is 42.5 Å². The van der Waals surface area contributed by atoms with Crippen molar-refractivity contribution in [1.82, 2.24) is 15.8 Å². The number of rotatable bonds is 12. The van der Waals surface area contributed by atoms with Gasteiger partial charge in [0.25, 0.3) is 10.0 Å². The largest absolute Gasteiger partial charge is 0.387 e. The van der Waals surface area contributed by atoms with E-state index in [1.165, 1.54) is 12.1 Å². The first-order valence-electron chi connectivity index (χ1n) is 13.1. The quantitative estimate of drug-likeness (QED) is 0.182. The number of halogens is 1. The standard InChI is InChI=1S/C30H30ClN5O4S/c31-25-9-3-22(4-10-25)18-29-34-30(35-40-29)23-7-13-27(14-8-23)41(38,39)36-26-11-5-21(6-12-26)15-17-33-20-28(37)24-2-1-16-32-19-24/h1-14,16,19,28-29,33,36-37H,15,17-18,20H2,(H,34,35). The monoisotopic (exact) mass is 591 g/mol. The van der Waals surface area contributed by atoms with Crippen molar-refractivity contribution in [3.63, 3.8) is 0 Å². The Bertz CT molecular complexity index is 1570. The molecule has 4 N–H and O–H groups in total. The molecule has 3 aromatic carbocycles. The molecule has 1 aliphatic rings. The number of sulfonamides is 1. The molecule has 11 heteroatoms. The zero-order valence-corrected chi connectivity index (χ0v) is 23.6. The first-order chi connectivity index (χ1) is 19.9. The lowest BCUT2D eigenvalue weighted by Crippen LogP contribution is -2.23. The fourth-order valence-corrected chi connectivity index (χ4v) is 5.46. The van der Waals surface area contributed by atoms with E-state index in [4.69, 9.17) is 16.4 Å². The molecule has 41 heavy (non-hydrogen) atoms. The van der Waals surface area contributed by atoms with Crippen LogP contribution >= 0.6 is 11.6 Å². The number of aliphatic imine (C=N–C) groups is 1. The number of aromatic nitrogens is 1. The van der Waals surface area contributed by atoms with Crippen LogP contribution in [0.3, 0.4) is 0 Å². The molecule has 0 saturated carbocycles. The molecule has 4 aromatic rings. The minimum absolute atomic E-state index is 0.138. The number of hydrogen-bond donors (Lipinski definition) is 4. The van der Waals surface area contributed by atoms with E-state index in [9.17, 15) is 13.5 Å². The minimum Gasteiger partial charge on any atom is -0.387 e. The molecule has 0 amide bonds. The lowest BCUT2D eigenvalue weighted by molar-refractivity contribution is 0.0389. The van der Waals surface area contributed by atoms with Crippen molar-refractivity contribution in [1.29, 1.82) is 0 Å². The molecule has 0 saturated heterocycles. The summed E-state index contributed by atoms with van der Waals surface area (Å²) in [5.74, 6) is 0.539. The van der Waals surface area contributed by atoms with E-state index in [1.54, 1.807) is 42.7 Å². The van der Waals surface area contributed by atoms with Gasteiger partial charge in [-0.25, -0.2) is 23.7 Å². The molecule has 0 spiro atoms. The first-order valence-corrected chi connectivity index (χ1v) is 15.0. The predicted molar refractivity (Wildman–Crippen MR) is 159 cm³/mol. The second-order valence-electron chi connectivity index (χ2n) is 9.57. The Labute approximate surface area is 244 Å². The Morgan fingerprint density at radius 2 is 1.71 bits per heavy atom. The number of benzene rings is 3. The topological polar surface area (TPSA) is 125 Å². The van der Waals surface area contributed by atoms with Gasteiger partial charge in [-0.05, 0) is 78.7 Å². The first kappa shape index (κ1) is 28.7. The Hall–Kier alpha value is -3.80. The van der Waals surface area contributed by atoms with Crippen LogP contribution in [0, 0.1) is 0 Å². The maximum Gasteiger partial charge on any atom is 0.261 e. The highest BCUT2D eigenvalue weighted by Gasteiger charge is 2.21. The van der Waals surface area contributed by atoms with Gasteiger partial charge in [0.2, 0.25) is 0 Å². The second-order valence-corrected chi connectivity index (χ2v) is 11.7. The smallest absolute Gasteiger partial charge is 0.261 e. The molecule has 0 fully saturated rings. The molecule has 2 unspecified atom stereocenters. The Morgan fingerprint density at radius 1 is 0.976 bits per heavy atom. The molecule has 0 aliphatic carbocycles. The maximum atomic E-state index is 13.0. The van der Waals surface area contributed by atoms with Crippen LogP contribution < -0.4 is 15.5 Å². The van der Waals surface area contributed by atoms with Gasteiger partial charge in [0.05, 0.1) is 11.0 Å². The van der Waals surface area contributed by atoms with Crippen molar-refractivity contribution in [2.45, 2.75) is 30.1 Å². The SMILES string of the molecule is O=S(=O)(Nc1ccc(CCNCC(O)c2cccnc2)cc1)c1ccc(C2=NC(Cc3ccc(Cl)cc3)ON2)cc1. The summed E-state index contributed by atoms with van der Waals surface area (Å²) >= 11 is 5.94. The minimum atomic E-state index is -3.78. The van der Waals surface area contributed by atoms with E-state index < -0.39 is 22.4 Å². The number of aliphatic hydroxyl groups is 1. The summed E-state index contributed by atoms with van der Waals surface area (Å²) in [5, 5.41) is 14.1. The number of nitrogens with zero attached hydrogens (tertiary/aromatic N) is 2. The van der Waals surface area contributed by atoms with E-state index in [-0.39, 0.29) is 4.90 Å². The number of anilines is 1. The van der Waals surface area contributed by atoms with Crippen LogP contribution in [-0.4, -0.2) is 43.7 Å². The van der Waals surface area contributed by atoms with E-state index in [0.717, 1.165) is 23.1 Å². The second kappa shape index (κ2) is 13.2. The highest BCUT2D eigenvalue weighted by Crippen LogP contribution is 2.20. The van der Waals surface area contributed by atoms with Crippen LogP contribution in [0.1, 0.15) is 28.4 Å². The van der Waals surface area contributed by atoms with Gasteiger partial charge in [-0.1, -0.05) is 41.9 Å². The van der Waals surface area contributed by atoms with Crippen molar-refractivity contribution >= 4 is 33.1 Å². The van der Waals surface area contributed by atoms with Crippen LogP contribution in [0.5, 0.6) is 0 Å². The lowest BCUT2D eigenvalue weighted by atomic mass is 10.1. The molecule has 212 valence electrons. The number of nitrogens with one attached hydrogen (secondary N) is 3. The van der Waals surface area contributed by atoms with Crippen molar-refractivity contribution in [2.24, 2.45) is 4.99 Å². The predicted octanol–water partition coefficient (Wildman–Crippen LogP) is 4.25. The van der Waals surface area contributed by atoms with Crippen LogP contribution in [0.4, 0.5) is 5.69 Å². The van der Waals surface area contributed by atoms with Gasteiger partial charge >= 0.3 is 0 Å². The molecule has 0 radical (unpaired) electrons. The van der Waals surface area contributed by atoms with Crippen LogP contribution in [0.25, 0.3) is 0 Å². The molecule has 1 aromatic heterocycles. The van der Waals surface area contributed by atoms with Gasteiger partial charge < -0.3 is 10.4 Å². The third-order valence-electron chi connectivity index (χ3n) is 6.53. The normalized spacial score (nSPS) is 15.7. The maximum absolute atomic E-state index is 13.0. The van der Waals surface area contributed by atoms with Gasteiger partial charge in [-0.15, -0.1) is 0 Å². The molecule has 5 rings (SSSR count). The van der Waals surface area contributed by atoms with Crippen LogP contribution in [0.15, 0.2) is 107 Å². The van der Waals surface area contributed by atoms with Crippen molar-refractivity contribution in [2.75, 3.05) is 17.8 Å². The van der Waals surface area contributed by atoms with Gasteiger partial charge in [0, 0.05) is 47.2 Å². The molecule has 0 bridgehead atoms. The fraction of sp³-hybridized carbons (Fsp3) is 0.200. The third kappa shape index (κ3) is 7.90. The van der Waals surface area contributed by atoms with Gasteiger partial charge in [-0.2, -0.15) is 0 Å². The van der Waals surface area contributed by atoms with Crippen LogP contribution in [0.2, 0.25) is 5.02 Å². The Kier molecular flexibility index (Phi) is 9.28. The van der Waals surface area contributed by atoms with E-state index in [0.29, 0.717) is 41.6 Å². The third-order valence-corrected chi connectivity index (χ3v) is 8.18. The summed E-state index contributed by atoms with van der Waals surface area (Å²) in [5.41, 5.74) is 6.87. The highest BCUT2D eigenvalue weighted by molar-refractivity contribution is 7.92. The number of amidine groups is 1. The average molecular weight is 592 g/mol. The Balaban J connectivity index is 1.11.